The highest BCUT2D eigenvalue weighted by atomic mass is 35.5. The van der Waals surface area contributed by atoms with Gasteiger partial charge in [0.1, 0.15) is 0 Å². The third-order valence-electron chi connectivity index (χ3n) is 1.75. The molecule has 0 saturated carbocycles. The Labute approximate surface area is 77.3 Å². The van der Waals surface area contributed by atoms with Crippen molar-refractivity contribution in [3.05, 3.63) is 30.1 Å². The van der Waals surface area contributed by atoms with Gasteiger partial charge in [0.25, 0.3) is 0 Å². The Morgan fingerprint density at radius 2 is 2.42 bits per heavy atom. The van der Waals surface area contributed by atoms with Crippen LogP contribution in [0.1, 0.15) is 18.0 Å². The Morgan fingerprint density at radius 1 is 1.50 bits per heavy atom. The third-order valence-corrected chi connectivity index (χ3v) is 1.75. The molecular weight excluding hydrogens is 174 g/mol. The van der Waals surface area contributed by atoms with Crippen molar-refractivity contribution in [2.45, 2.75) is 12.5 Å². The first-order valence-corrected chi connectivity index (χ1v) is 3.64. The SMILES string of the molecule is C1=NNC(c2cccnc2)C1.Cl. The first-order chi connectivity index (χ1) is 5.47. The van der Waals surface area contributed by atoms with Gasteiger partial charge in [0, 0.05) is 25.0 Å². The predicted molar refractivity (Wildman–Crippen MR) is 50.5 cm³/mol. The van der Waals surface area contributed by atoms with Gasteiger partial charge in [-0.1, -0.05) is 6.07 Å². The van der Waals surface area contributed by atoms with Crippen LogP contribution in [0.4, 0.5) is 0 Å². The Kier molecular flexibility index (Phi) is 3.05. The summed E-state index contributed by atoms with van der Waals surface area (Å²) in [6.45, 7) is 0. The molecule has 1 N–H and O–H groups in total. The van der Waals surface area contributed by atoms with Crippen LogP contribution in [-0.4, -0.2) is 11.2 Å². The average Bonchev–Trinajstić information content (AvgIpc) is 2.58. The lowest BCUT2D eigenvalue weighted by molar-refractivity contribution is 0.618. The van der Waals surface area contributed by atoms with Crippen molar-refractivity contribution in [2.24, 2.45) is 5.10 Å². The van der Waals surface area contributed by atoms with Crippen molar-refractivity contribution in [3.8, 4) is 0 Å². The van der Waals surface area contributed by atoms with Gasteiger partial charge >= 0.3 is 0 Å². The summed E-state index contributed by atoms with van der Waals surface area (Å²) in [5.74, 6) is 0. The average molecular weight is 184 g/mol. The molecule has 1 aliphatic heterocycles. The van der Waals surface area contributed by atoms with E-state index >= 15 is 0 Å². The second-order valence-corrected chi connectivity index (χ2v) is 2.52. The van der Waals surface area contributed by atoms with Crippen molar-refractivity contribution >= 4 is 18.6 Å². The van der Waals surface area contributed by atoms with Crippen LogP contribution in [0.5, 0.6) is 0 Å². The van der Waals surface area contributed by atoms with Crippen molar-refractivity contribution in [1.29, 1.82) is 0 Å². The smallest absolute Gasteiger partial charge is 0.0754 e. The highest BCUT2D eigenvalue weighted by Gasteiger charge is 2.11. The molecule has 1 atom stereocenters. The van der Waals surface area contributed by atoms with Crippen molar-refractivity contribution in [1.82, 2.24) is 10.4 Å². The molecular formula is C8H10ClN3. The molecule has 2 heterocycles. The molecule has 0 radical (unpaired) electrons. The first-order valence-electron chi connectivity index (χ1n) is 3.64. The van der Waals surface area contributed by atoms with Crippen molar-refractivity contribution in [2.75, 3.05) is 0 Å². The second kappa shape index (κ2) is 4.07. The van der Waals surface area contributed by atoms with Crippen LogP contribution in [0.3, 0.4) is 0 Å². The van der Waals surface area contributed by atoms with Crippen molar-refractivity contribution in [3.63, 3.8) is 0 Å². The minimum absolute atomic E-state index is 0. The molecule has 12 heavy (non-hydrogen) atoms. The van der Waals surface area contributed by atoms with E-state index in [9.17, 15) is 0 Å². The van der Waals surface area contributed by atoms with E-state index in [4.69, 9.17) is 0 Å². The quantitative estimate of drug-likeness (QED) is 0.717. The summed E-state index contributed by atoms with van der Waals surface area (Å²) < 4.78 is 0. The van der Waals surface area contributed by atoms with Gasteiger partial charge in [0.05, 0.1) is 6.04 Å². The molecule has 1 aliphatic rings. The number of halogens is 1. The standard InChI is InChI=1S/C8H9N3.ClH/c1-2-7(6-9-4-1)8-3-5-10-11-8;/h1-2,4-6,8,11H,3H2;1H. The molecule has 0 saturated heterocycles. The highest BCUT2D eigenvalue weighted by Crippen LogP contribution is 2.16. The maximum absolute atomic E-state index is 4.03. The third kappa shape index (κ3) is 1.74. The Bertz CT molecular complexity index is 252. The Morgan fingerprint density at radius 3 is 3.00 bits per heavy atom. The van der Waals surface area contributed by atoms with E-state index in [0.717, 1.165) is 6.42 Å². The number of nitrogens with one attached hydrogen (secondary N) is 1. The number of rotatable bonds is 1. The number of hydrazone groups is 1. The molecule has 0 aromatic carbocycles. The van der Waals surface area contributed by atoms with E-state index in [0.29, 0.717) is 6.04 Å². The number of aromatic nitrogens is 1. The summed E-state index contributed by atoms with van der Waals surface area (Å²) in [4.78, 5) is 4.03. The van der Waals surface area contributed by atoms with Crippen LogP contribution < -0.4 is 5.43 Å². The van der Waals surface area contributed by atoms with Crippen LogP contribution in [0.2, 0.25) is 0 Å². The summed E-state index contributed by atoms with van der Waals surface area (Å²) in [6, 6.07) is 4.33. The zero-order valence-electron chi connectivity index (χ0n) is 6.47. The number of hydrogen-bond donors (Lipinski definition) is 1. The van der Waals surface area contributed by atoms with E-state index in [1.807, 2.05) is 18.5 Å². The number of hydrogen-bond acceptors (Lipinski definition) is 3. The summed E-state index contributed by atoms with van der Waals surface area (Å²) in [6.07, 6.45) is 6.50. The van der Waals surface area contributed by atoms with Gasteiger partial charge in [0.2, 0.25) is 0 Å². The summed E-state index contributed by atoms with van der Waals surface area (Å²) in [5.41, 5.74) is 4.20. The lowest BCUT2D eigenvalue weighted by Gasteiger charge is -2.07. The molecule has 0 fully saturated rings. The van der Waals surface area contributed by atoms with Crippen LogP contribution in [0.15, 0.2) is 29.6 Å². The molecule has 3 nitrogen and oxygen atoms in total. The maximum Gasteiger partial charge on any atom is 0.0754 e. The van der Waals surface area contributed by atoms with Gasteiger partial charge in [-0.2, -0.15) is 5.10 Å². The molecule has 0 amide bonds. The monoisotopic (exact) mass is 183 g/mol. The molecule has 0 spiro atoms. The number of pyridine rings is 1. The van der Waals surface area contributed by atoms with E-state index < -0.39 is 0 Å². The molecule has 1 unspecified atom stereocenters. The lowest BCUT2D eigenvalue weighted by atomic mass is 10.1. The predicted octanol–water partition coefficient (Wildman–Crippen LogP) is 1.52. The van der Waals surface area contributed by atoms with E-state index in [-0.39, 0.29) is 12.4 Å². The zero-order chi connectivity index (χ0) is 7.52. The van der Waals surface area contributed by atoms with Crippen molar-refractivity contribution < 1.29 is 0 Å². The molecule has 0 aliphatic carbocycles. The molecule has 2 rings (SSSR count). The van der Waals surface area contributed by atoms with E-state index in [2.05, 4.69) is 21.6 Å². The lowest BCUT2D eigenvalue weighted by Crippen LogP contribution is -2.09. The van der Waals surface area contributed by atoms with Crippen LogP contribution in [-0.2, 0) is 0 Å². The van der Waals surface area contributed by atoms with Gasteiger partial charge in [-0.3, -0.25) is 4.98 Å². The molecule has 0 bridgehead atoms. The summed E-state index contributed by atoms with van der Waals surface area (Å²) in [5, 5.41) is 3.94. The maximum atomic E-state index is 4.03. The Hall–Kier alpha value is -1.09. The van der Waals surface area contributed by atoms with E-state index in [1.165, 1.54) is 5.56 Å². The summed E-state index contributed by atoms with van der Waals surface area (Å²) >= 11 is 0. The summed E-state index contributed by atoms with van der Waals surface area (Å²) in [7, 11) is 0. The second-order valence-electron chi connectivity index (χ2n) is 2.52. The minimum Gasteiger partial charge on any atom is -0.302 e. The fourth-order valence-electron chi connectivity index (χ4n) is 1.15. The molecule has 1 aromatic rings. The van der Waals surface area contributed by atoms with Gasteiger partial charge < -0.3 is 5.43 Å². The topological polar surface area (TPSA) is 37.3 Å². The Balaban J connectivity index is 0.000000720. The molecule has 4 heteroatoms. The molecule has 1 aromatic heterocycles. The zero-order valence-corrected chi connectivity index (χ0v) is 7.29. The highest BCUT2D eigenvalue weighted by molar-refractivity contribution is 5.85. The van der Waals surface area contributed by atoms with Gasteiger partial charge in [-0.15, -0.1) is 12.4 Å². The largest absolute Gasteiger partial charge is 0.302 e. The molecule has 64 valence electrons. The first kappa shape index (κ1) is 9.00. The minimum atomic E-state index is 0. The number of nitrogens with zero attached hydrogens (tertiary/aromatic N) is 2. The van der Waals surface area contributed by atoms with Gasteiger partial charge in [0.15, 0.2) is 0 Å². The fourth-order valence-corrected chi connectivity index (χ4v) is 1.15. The van der Waals surface area contributed by atoms with Gasteiger partial charge in [-0.25, -0.2) is 0 Å². The normalized spacial score (nSPS) is 19.8. The van der Waals surface area contributed by atoms with E-state index in [1.54, 1.807) is 6.20 Å². The van der Waals surface area contributed by atoms with Crippen LogP contribution >= 0.6 is 12.4 Å². The fraction of sp³-hybridized carbons (Fsp3) is 0.250. The van der Waals surface area contributed by atoms with Crippen LogP contribution in [0.25, 0.3) is 0 Å². The van der Waals surface area contributed by atoms with Crippen LogP contribution in [0, 0.1) is 0 Å². The van der Waals surface area contributed by atoms with Gasteiger partial charge in [-0.05, 0) is 11.6 Å².